The molecule has 3 aliphatic rings. The number of fused-ring (bicyclic) bond motifs is 1. The van der Waals surface area contributed by atoms with Gasteiger partial charge in [0.2, 0.25) is 11.8 Å². The average molecular weight is 509 g/mol. The first kappa shape index (κ1) is 31.8. The van der Waals surface area contributed by atoms with Crippen LogP contribution in [-0.4, -0.2) is 56.1 Å². The number of carbonyl (C=O) groups is 2. The molecule has 0 aromatic rings. The maximum atomic E-state index is 12.0. The summed E-state index contributed by atoms with van der Waals surface area (Å²) in [5.74, 6) is 0.390. The molecule has 3 saturated heterocycles. The van der Waals surface area contributed by atoms with Crippen molar-refractivity contribution in [3.63, 3.8) is 0 Å². The van der Waals surface area contributed by atoms with Gasteiger partial charge in [0, 0.05) is 10.8 Å². The number of carbonyl (C=O) groups excluding carboxylic acids is 2. The second-order valence-corrected chi connectivity index (χ2v) is 17.3. The van der Waals surface area contributed by atoms with Gasteiger partial charge in [-0.05, 0) is 44.8 Å². The Bertz CT molecular complexity index is 690. The van der Waals surface area contributed by atoms with Crippen LogP contribution in [0.15, 0.2) is 0 Å². The van der Waals surface area contributed by atoms with Crippen molar-refractivity contribution in [1.82, 2.24) is 10.2 Å². The Hall–Kier alpha value is -0.223. The first-order valence-electron chi connectivity index (χ1n) is 11.2. The number of ether oxygens (including phenoxy) is 1. The number of rotatable bonds is 3. The van der Waals surface area contributed by atoms with Gasteiger partial charge < -0.3 is 19.4 Å². The zero-order valence-corrected chi connectivity index (χ0v) is 25.1. The van der Waals surface area contributed by atoms with Crippen molar-refractivity contribution in [2.24, 2.45) is 10.8 Å². The Labute approximate surface area is 211 Å². The first-order chi connectivity index (χ1) is 13.3. The Morgan fingerprint density at radius 1 is 1.03 bits per heavy atom. The third-order valence-corrected chi connectivity index (χ3v) is 11.8. The van der Waals surface area contributed by atoms with Crippen molar-refractivity contribution in [3.05, 3.63) is 0 Å². The van der Waals surface area contributed by atoms with Crippen molar-refractivity contribution in [2.75, 3.05) is 13.2 Å². The summed E-state index contributed by atoms with van der Waals surface area (Å²) in [5.41, 5.74) is -0.817. The molecule has 0 spiro atoms. The Kier molecular flexibility index (Phi) is 10.1. The van der Waals surface area contributed by atoms with Gasteiger partial charge in [0.05, 0.1) is 25.3 Å². The lowest BCUT2D eigenvalue weighted by Crippen LogP contribution is -2.45. The summed E-state index contributed by atoms with van der Waals surface area (Å²) in [5, 5.41) is 3.25. The molecule has 9 heteroatoms. The molecule has 32 heavy (non-hydrogen) atoms. The SMILES string of the molecule is CC1(C)CC2COC(C)(C)N2C1=O.CC1(C)C[C@@H](CO[Si](C)(C)C(C)(C)C)NC1=O.S.S. The van der Waals surface area contributed by atoms with E-state index in [-0.39, 0.29) is 60.7 Å². The van der Waals surface area contributed by atoms with Gasteiger partial charge in [-0.1, -0.05) is 48.5 Å². The van der Waals surface area contributed by atoms with Gasteiger partial charge in [-0.15, -0.1) is 0 Å². The minimum absolute atomic E-state index is 0. The van der Waals surface area contributed by atoms with E-state index < -0.39 is 14.0 Å². The van der Waals surface area contributed by atoms with Crippen LogP contribution < -0.4 is 5.32 Å². The summed E-state index contributed by atoms with van der Waals surface area (Å²) in [6.07, 6.45) is 1.80. The largest absolute Gasteiger partial charge is 0.415 e. The maximum Gasteiger partial charge on any atom is 0.230 e. The van der Waals surface area contributed by atoms with E-state index in [1.807, 2.05) is 46.4 Å². The molecule has 3 heterocycles. The van der Waals surface area contributed by atoms with Crippen molar-refractivity contribution in [1.29, 1.82) is 0 Å². The zero-order valence-electron chi connectivity index (χ0n) is 22.1. The van der Waals surface area contributed by atoms with Gasteiger partial charge in [0.25, 0.3) is 0 Å². The second kappa shape index (κ2) is 10.2. The predicted molar refractivity (Wildman–Crippen MR) is 143 cm³/mol. The summed E-state index contributed by atoms with van der Waals surface area (Å²) in [6, 6.07) is 0.490. The molecule has 0 saturated carbocycles. The van der Waals surface area contributed by atoms with E-state index in [0.29, 0.717) is 19.3 Å². The molecule has 3 rings (SSSR count). The number of nitrogens with zero attached hydrogens (tertiary/aromatic N) is 1. The molecule has 3 aliphatic heterocycles. The van der Waals surface area contributed by atoms with Gasteiger partial charge in [0.15, 0.2) is 8.32 Å². The molecular weight excluding hydrogens is 460 g/mol. The molecule has 2 atom stereocenters. The third-order valence-electron chi connectivity index (χ3n) is 7.28. The van der Waals surface area contributed by atoms with Crippen molar-refractivity contribution in [2.45, 2.75) is 111 Å². The van der Waals surface area contributed by atoms with E-state index in [1.165, 1.54) is 0 Å². The van der Waals surface area contributed by atoms with Crippen LogP contribution in [0.1, 0.15) is 75.2 Å². The Morgan fingerprint density at radius 2 is 1.56 bits per heavy atom. The fourth-order valence-corrected chi connectivity index (χ4v) is 5.26. The summed E-state index contributed by atoms with van der Waals surface area (Å²) < 4.78 is 11.7. The van der Waals surface area contributed by atoms with E-state index in [1.54, 1.807) is 0 Å². The minimum atomic E-state index is -1.69. The summed E-state index contributed by atoms with van der Waals surface area (Å²) in [6.45, 7) is 24.5. The third kappa shape index (κ3) is 6.68. The fraction of sp³-hybridized carbons (Fsp3) is 0.913. The van der Waals surface area contributed by atoms with Crippen molar-refractivity contribution >= 4 is 47.1 Å². The number of nitrogens with one attached hydrogen (secondary N) is 1. The van der Waals surface area contributed by atoms with Gasteiger partial charge in [-0.2, -0.15) is 27.0 Å². The van der Waals surface area contributed by atoms with E-state index in [4.69, 9.17) is 9.16 Å². The summed E-state index contributed by atoms with van der Waals surface area (Å²) in [7, 11) is -1.69. The standard InChI is InChI=1S/C13H27NO2Si.C10H17NO2.2H2S/c1-12(2,3)17(6,7)16-9-10-8-13(4,5)11(15)14-10;1-9(2)5-7-6-13-10(3,4)11(7)8(9)12;;/h10H,8-9H2,1-7H3,(H,14,15);7H,5-6H2,1-4H3;2*1H2/t10-;;;/m0.../s1. The highest BCUT2D eigenvalue weighted by molar-refractivity contribution is 7.59. The quantitative estimate of drug-likeness (QED) is 0.569. The molecule has 3 fully saturated rings. The summed E-state index contributed by atoms with van der Waals surface area (Å²) in [4.78, 5) is 25.6. The monoisotopic (exact) mass is 508 g/mol. The highest BCUT2D eigenvalue weighted by Crippen LogP contribution is 2.43. The molecule has 0 aromatic heterocycles. The number of amides is 2. The molecule has 0 bridgehead atoms. The van der Waals surface area contributed by atoms with Crippen molar-refractivity contribution < 1.29 is 18.8 Å². The molecular formula is C23H48N2O4S2Si. The molecule has 0 radical (unpaired) electrons. The average Bonchev–Trinajstić information content (AvgIpc) is 3.08. The Morgan fingerprint density at radius 3 is 1.97 bits per heavy atom. The smallest absolute Gasteiger partial charge is 0.230 e. The lowest BCUT2D eigenvalue weighted by molar-refractivity contribution is -0.148. The molecule has 0 aromatic carbocycles. The lowest BCUT2D eigenvalue weighted by atomic mass is 9.90. The zero-order chi connectivity index (χ0) is 23.3. The number of hydrogen-bond acceptors (Lipinski definition) is 4. The van der Waals surface area contributed by atoms with Crippen LogP contribution in [0.3, 0.4) is 0 Å². The van der Waals surface area contributed by atoms with Crippen LogP contribution >= 0.6 is 27.0 Å². The first-order valence-corrected chi connectivity index (χ1v) is 14.1. The highest BCUT2D eigenvalue weighted by Gasteiger charge is 2.54. The Balaban J connectivity index is 0.000000580. The van der Waals surface area contributed by atoms with Gasteiger partial charge in [-0.25, -0.2) is 0 Å². The van der Waals surface area contributed by atoms with Crippen molar-refractivity contribution in [3.8, 4) is 0 Å². The highest BCUT2D eigenvalue weighted by atomic mass is 32.1. The van der Waals surface area contributed by atoms with Crippen LogP contribution in [0.5, 0.6) is 0 Å². The van der Waals surface area contributed by atoms with Gasteiger partial charge >= 0.3 is 0 Å². The maximum absolute atomic E-state index is 12.0. The van der Waals surface area contributed by atoms with Crippen LogP contribution in [0.4, 0.5) is 0 Å². The van der Waals surface area contributed by atoms with Gasteiger partial charge in [-0.3, -0.25) is 9.59 Å². The summed E-state index contributed by atoms with van der Waals surface area (Å²) >= 11 is 0. The number of hydrogen-bond donors (Lipinski definition) is 1. The normalized spacial score (nSPS) is 27.5. The molecule has 6 nitrogen and oxygen atoms in total. The molecule has 1 unspecified atom stereocenters. The molecule has 0 aliphatic carbocycles. The van der Waals surface area contributed by atoms with Crippen LogP contribution in [-0.2, 0) is 18.8 Å². The molecule has 2 amide bonds. The lowest BCUT2D eigenvalue weighted by Gasteiger charge is -2.37. The van der Waals surface area contributed by atoms with Crippen LogP contribution in [0.2, 0.25) is 18.1 Å². The van der Waals surface area contributed by atoms with Crippen LogP contribution in [0, 0.1) is 10.8 Å². The van der Waals surface area contributed by atoms with Crippen LogP contribution in [0.25, 0.3) is 0 Å². The minimum Gasteiger partial charge on any atom is -0.415 e. The van der Waals surface area contributed by atoms with E-state index in [0.717, 1.165) is 12.8 Å². The second-order valence-electron chi connectivity index (χ2n) is 12.5. The molecule has 190 valence electrons. The van der Waals surface area contributed by atoms with E-state index >= 15 is 0 Å². The van der Waals surface area contributed by atoms with E-state index in [2.05, 4.69) is 39.2 Å². The van der Waals surface area contributed by atoms with E-state index in [9.17, 15) is 9.59 Å². The predicted octanol–water partition coefficient (Wildman–Crippen LogP) is 4.53. The topological polar surface area (TPSA) is 67.9 Å². The van der Waals surface area contributed by atoms with Gasteiger partial charge in [0.1, 0.15) is 5.72 Å². The molecule has 1 N–H and O–H groups in total. The fourth-order valence-electron chi connectivity index (χ4n) is 4.21.